The average molecular weight is 617 g/mol. The second kappa shape index (κ2) is 11.0. The molecule has 1 aliphatic heterocycles. The number of rotatable bonds is 6. The Hall–Kier alpha value is -3.13. The summed E-state index contributed by atoms with van der Waals surface area (Å²) in [6.45, 7) is 8.18. The number of sulfonamides is 1. The summed E-state index contributed by atoms with van der Waals surface area (Å²) in [5, 5.41) is 6.14. The number of ether oxygens (including phenoxy) is 2. The number of aromatic nitrogens is 2. The van der Waals surface area contributed by atoms with Crippen LogP contribution in [0.4, 0.5) is 14.9 Å². The van der Waals surface area contributed by atoms with Gasteiger partial charge in [-0.15, -0.1) is 5.10 Å². The number of hydrogen-bond donors (Lipinski definition) is 2. The second-order valence-corrected chi connectivity index (χ2v) is 12.6. The van der Waals surface area contributed by atoms with E-state index in [9.17, 15) is 22.4 Å². The van der Waals surface area contributed by atoms with Gasteiger partial charge in [0.2, 0.25) is 15.9 Å². The van der Waals surface area contributed by atoms with E-state index in [1.807, 2.05) is 0 Å². The van der Waals surface area contributed by atoms with Crippen molar-refractivity contribution in [2.75, 3.05) is 18.1 Å². The van der Waals surface area contributed by atoms with E-state index in [0.717, 1.165) is 0 Å². The van der Waals surface area contributed by atoms with Crippen LogP contribution in [-0.2, 0) is 14.8 Å². The normalized spacial score (nSPS) is 15.2. The Kier molecular flexibility index (Phi) is 8.23. The van der Waals surface area contributed by atoms with Crippen LogP contribution in [0.15, 0.2) is 38.4 Å². The number of halogens is 3. The van der Waals surface area contributed by atoms with Crippen molar-refractivity contribution in [3.8, 4) is 5.75 Å². The number of nitrogens with zero attached hydrogens (tertiary/aromatic N) is 2. The molecule has 2 N–H and O–H groups in total. The maximum Gasteiger partial charge on any atom is 0.434 e. The smallest absolute Gasteiger partial charge is 0.434 e. The highest BCUT2D eigenvalue weighted by molar-refractivity contribution is 7.89. The zero-order valence-corrected chi connectivity index (χ0v) is 24.5. The summed E-state index contributed by atoms with van der Waals surface area (Å²) in [5.74, 6) is -2.83. The Labute approximate surface area is 239 Å². The molecule has 0 fully saturated rings. The predicted octanol–water partition coefficient (Wildman–Crippen LogP) is 5.07. The molecule has 0 saturated heterocycles. The van der Waals surface area contributed by atoms with Gasteiger partial charge in [0.15, 0.2) is 5.75 Å². The molecular weight excluding hydrogens is 590 g/mol. The standard InChI is InChI=1S/C25H27Cl2FN4O7S/c1-12-16(28)8-6-14(26)18(12)13(2)19(22-29-30-23(33)38-22)31-40(35,36)17-9-7-15(27)20-21(17)37-11-10-32(20)24(34)39-25(3,4)5/h6-9,13,19,31H,10-11H2,1-5H3,(H,30,33). The second-order valence-electron chi connectivity index (χ2n) is 10.1. The third kappa shape index (κ3) is 5.97. The Balaban J connectivity index is 1.80. The molecule has 0 aliphatic carbocycles. The molecule has 1 aromatic heterocycles. The van der Waals surface area contributed by atoms with Gasteiger partial charge in [-0.25, -0.2) is 27.5 Å². The topological polar surface area (TPSA) is 144 Å². The minimum absolute atomic E-state index is 0.0185. The van der Waals surface area contributed by atoms with E-state index in [4.69, 9.17) is 37.1 Å². The molecule has 1 aliphatic rings. The predicted molar refractivity (Wildman–Crippen MR) is 145 cm³/mol. The molecule has 0 spiro atoms. The van der Waals surface area contributed by atoms with Crippen LogP contribution in [0.25, 0.3) is 0 Å². The van der Waals surface area contributed by atoms with E-state index < -0.39 is 45.3 Å². The van der Waals surface area contributed by atoms with Gasteiger partial charge in [0.1, 0.15) is 34.6 Å². The van der Waals surface area contributed by atoms with Crippen LogP contribution in [0.5, 0.6) is 5.75 Å². The fourth-order valence-corrected chi connectivity index (χ4v) is 6.39. The number of aromatic amines is 1. The monoisotopic (exact) mass is 616 g/mol. The van der Waals surface area contributed by atoms with E-state index >= 15 is 0 Å². The molecule has 3 aromatic rings. The zero-order chi connectivity index (χ0) is 29.6. The van der Waals surface area contributed by atoms with Crippen molar-refractivity contribution in [2.45, 2.75) is 57.1 Å². The first-order chi connectivity index (χ1) is 18.6. The molecule has 11 nitrogen and oxygen atoms in total. The number of benzene rings is 2. The molecule has 216 valence electrons. The summed E-state index contributed by atoms with van der Waals surface area (Å²) in [6.07, 6.45) is -0.734. The molecule has 40 heavy (non-hydrogen) atoms. The fraction of sp³-hybridized carbons (Fsp3) is 0.400. The van der Waals surface area contributed by atoms with Crippen LogP contribution in [0.2, 0.25) is 10.0 Å². The van der Waals surface area contributed by atoms with E-state index in [1.54, 1.807) is 27.7 Å². The molecule has 0 radical (unpaired) electrons. The van der Waals surface area contributed by atoms with Gasteiger partial charge in [0, 0.05) is 10.9 Å². The minimum atomic E-state index is -4.49. The first-order valence-corrected chi connectivity index (χ1v) is 14.3. The number of anilines is 1. The Morgan fingerprint density at radius 3 is 2.52 bits per heavy atom. The SMILES string of the molecule is Cc1c(F)ccc(Cl)c1C(C)C(NS(=O)(=O)c1ccc(Cl)c2c1OCCN2C(=O)OC(C)(C)C)c1n[nH]c(=O)o1. The number of carbonyl (C=O) groups excluding carboxylic acids is 1. The molecule has 2 heterocycles. The van der Waals surface area contributed by atoms with Crippen LogP contribution < -0.4 is 20.1 Å². The maximum absolute atomic E-state index is 14.5. The van der Waals surface area contributed by atoms with Crippen LogP contribution in [0, 0.1) is 12.7 Å². The third-order valence-electron chi connectivity index (χ3n) is 6.13. The van der Waals surface area contributed by atoms with Gasteiger partial charge in [-0.3, -0.25) is 4.90 Å². The summed E-state index contributed by atoms with van der Waals surface area (Å²) in [7, 11) is -4.49. The Bertz CT molecular complexity index is 1620. The molecule has 2 atom stereocenters. The number of amides is 1. The highest BCUT2D eigenvalue weighted by Crippen LogP contribution is 2.44. The minimum Gasteiger partial charge on any atom is -0.488 e. The summed E-state index contributed by atoms with van der Waals surface area (Å²) < 4.78 is 60.9. The third-order valence-corrected chi connectivity index (χ3v) is 8.23. The van der Waals surface area contributed by atoms with Crippen molar-refractivity contribution in [3.63, 3.8) is 0 Å². The van der Waals surface area contributed by atoms with E-state index in [0.29, 0.717) is 0 Å². The average Bonchev–Trinajstić information content (AvgIpc) is 3.29. The van der Waals surface area contributed by atoms with Gasteiger partial charge in [-0.05, 0) is 63.1 Å². The highest BCUT2D eigenvalue weighted by Gasteiger charge is 2.38. The largest absolute Gasteiger partial charge is 0.488 e. The van der Waals surface area contributed by atoms with Crippen LogP contribution in [0.1, 0.15) is 56.7 Å². The van der Waals surface area contributed by atoms with Gasteiger partial charge in [-0.1, -0.05) is 30.1 Å². The number of H-pyrrole nitrogens is 1. The van der Waals surface area contributed by atoms with E-state index in [-0.39, 0.29) is 56.5 Å². The molecule has 2 aromatic carbocycles. The van der Waals surface area contributed by atoms with E-state index in [1.165, 1.54) is 36.1 Å². The van der Waals surface area contributed by atoms with Crippen LogP contribution >= 0.6 is 23.2 Å². The number of fused-ring (bicyclic) bond motifs is 1. The van der Waals surface area contributed by atoms with Crippen LogP contribution in [0.3, 0.4) is 0 Å². The number of nitrogens with one attached hydrogen (secondary N) is 2. The molecule has 4 rings (SSSR count). The lowest BCUT2D eigenvalue weighted by Crippen LogP contribution is -2.42. The van der Waals surface area contributed by atoms with Gasteiger partial charge < -0.3 is 13.9 Å². The number of carbonyl (C=O) groups is 1. The van der Waals surface area contributed by atoms with Crippen molar-refractivity contribution in [3.05, 3.63) is 67.7 Å². The van der Waals surface area contributed by atoms with Gasteiger partial charge in [-0.2, -0.15) is 4.72 Å². The lowest BCUT2D eigenvalue weighted by Gasteiger charge is -2.33. The van der Waals surface area contributed by atoms with Crippen molar-refractivity contribution in [2.24, 2.45) is 0 Å². The first-order valence-electron chi connectivity index (χ1n) is 12.1. The fourth-order valence-electron chi connectivity index (χ4n) is 4.35. The molecule has 15 heteroatoms. The zero-order valence-electron chi connectivity index (χ0n) is 22.2. The summed E-state index contributed by atoms with van der Waals surface area (Å²) in [5.41, 5.74) is -0.335. The van der Waals surface area contributed by atoms with Gasteiger partial charge in [0.25, 0.3) is 0 Å². The quantitative estimate of drug-likeness (QED) is 0.390. The molecule has 0 saturated carbocycles. The summed E-state index contributed by atoms with van der Waals surface area (Å²) in [4.78, 5) is 25.5. The maximum atomic E-state index is 14.5. The van der Waals surface area contributed by atoms with Gasteiger partial charge in [0.05, 0.1) is 11.6 Å². The summed E-state index contributed by atoms with van der Waals surface area (Å²) >= 11 is 12.8. The first kappa shape index (κ1) is 29.8. The van der Waals surface area contributed by atoms with Crippen molar-refractivity contribution < 1.29 is 31.5 Å². The summed E-state index contributed by atoms with van der Waals surface area (Å²) in [6, 6.07) is 3.73. The Morgan fingerprint density at radius 1 is 1.23 bits per heavy atom. The van der Waals surface area contributed by atoms with Crippen LogP contribution in [-0.4, -0.2) is 43.5 Å². The van der Waals surface area contributed by atoms with Crippen molar-refractivity contribution in [1.29, 1.82) is 0 Å². The lowest BCUT2D eigenvalue weighted by molar-refractivity contribution is 0.0567. The van der Waals surface area contributed by atoms with Crippen molar-refractivity contribution in [1.82, 2.24) is 14.9 Å². The van der Waals surface area contributed by atoms with Gasteiger partial charge >= 0.3 is 11.8 Å². The molecule has 0 bridgehead atoms. The number of hydrogen-bond acceptors (Lipinski definition) is 8. The lowest BCUT2D eigenvalue weighted by atomic mass is 9.90. The Morgan fingerprint density at radius 2 is 1.90 bits per heavy atom. The molecule has 1 amide bonds. The molecule has 2 unspecified atom stereocenters. The van der Waals surface area contributed by atoms with Crippen molar-refractivity contribution >= 4 is 45.0 Å². The van der Waals surface area contributed by atoms with E-state index in [2.05, 4.69) is 14.9 Å². The highest BCUT2D eigenvalue weighted by atomic mass is 35.5. The molecular formula is C25H27Cl2FN4O7S.